The molecule has 1 N–H and O–H groups in total. The molecule has 0 unspecified atom stereocenters. The average Bonchev–Trinajstić information content (AvgIpc) is 2.36. The third kappa shape index (κ3) is 3.63. The molecular weight excluding hydrogens is 234 g/mol. The first-order valence-corrected chi connectivity index (χ1v) is 5.75. The van der Waals surface area contributed by atoms with Gasteiger partial charge in [-0.25, -0.2) is 0 Å². The Morgan fingerprint density at radius 2 is 2.00 bits per heavy atom. The lowest BCUT2D eigenvalue weighted by atomic mass is 9.87. The first kappa shape index (κ1) is 14.3. The predicted molar refractivity (Wildman–Crippen MR) is 67.5 cm³/mol. The third-order valence-corrected chi connectivity index (χ3v) is 2.86. The Morgan fingerprint density at radius 3 is 2.56 bits per heavy atom. The average molecular weight is 251 g/mol. The summed E-state index contributed by atoms with van der Waals surface area (Å²) in [6.45, 7) is 3.68. The molecule has 0 heterocycles. The van der Waals surface area contributed by atoms with Crippen LogP contribution in [0.4, 0.5) is 5.69 Å². The molecule has 0 fully saturated rings. The summed E-state index contributed by atoms with van der Waals surface area (Å²) in [6, 6.07) is 5.93. The lowest BCUT2D eigenvalue weighted by molar-refractivity contribution is -0.385. The van der Waals surface area contributed by atoms with Crippen LogP contribution in [0, 0.1) is 15.5 Å². The van der Waals surface area contributed by atoms with Gasteiger partial charge in [-0.05, 0) is 17.9 Å². The molecule has 0 spiro atoms. The van der Waals surface area contributed by atoms with Gasteiger partial charge in [0, 0.05) is 19.1 Å². The van der Waals surface area contributed by atoms with E-state index in [4.69, 9.17) is 5.11 Å². The lowest BCUT2D eigenvalue weighted by Gasteiger charge is -2.20. The second-order valence-electron chi connectivity index (χ2n) is 5.02. The van der Waals surface area contributed by atoms with Gasteiger partial charge in [0.1, 0.15) is 0 Å². The minimum absolute atomic E-state index is 0.0167. The molecule has 0 aliphatic rings. The molecule has 1 aromatic rings. The van der Waals surface area contributed by atoms with E-state index >= 15 is 0 Å². The second-order valence-corrected chi connectivity index (χ2v) is 5.02. The van der Waals surface area contributed by atoms with Crippen LogP contribution < -0.4 is 0 Å². The molecule has 0 saturated heterocycles. The van der Waals surface area contributed by atoms with Crippen LogP contribution in [-0.2, 0) is 0 Å². The molecule has 0 aromatic heterocycles. The van der Waals surface area contributed by atoms with E-state index in [1.807, 2.05) is 13.8 Å². The number of nitrogens with zero attached hydrogens (tertiary/aromatic N) is 1. The van der Waals surface area contributed by atoms with Crippen molar-refractivity contribution in [3.05, 3.63) is 39.9 Å². The first-order valence-electron chi connectivity index (χ1n) is 5.75. The Bertz CT molecular complexity index is 454. The summed E-state index contributed by atoms with van der Waals surface area (Å²) in [5.74, 6) is -0.260. The number of aliphatic hydroxyl groups is 1. The van der Waals surface area contributed by atoms with Crippen LogP contribution in [0.2, 0.25) is 0 Å². The van der Waals surface area contributed by atoms with Gasteiger partial charge >= 0.3 is 0 Å². The Balaban J connectivity index is 2.82. The van der Waals surface area contributed by atoms with Gasteiger partial charge in [-0.15, -0.1) is 0 Å². The highest BCUT2D eigenvalue weighted by Gasteiger charge is 2.22. The van der Waals surface area contributed by atoms with Crippen molar-refractivity contribution < 1.29 is 14.8 Å². The number of aliphatic hydroxyl groups excluding tert-OH is 1. The molecule has 0 aliphatic carbocycles. The summed E-state index contributed by atoms with van der Waals surface area (Å²) in [5, 5.41) is 19.9. The van der Waals surface area contributed by atoms with Crippen LogP contribution in [0.5, 0.6) is 0 Å². The molecular formula is C13H17NO4. The zero-order chi connectivity index (χ0) is 13.8. The number of nitro benzene ring substituents is 1. The van der Waals surface area contributed by atoms with E-state index in [0.717, 1.165) is 0 Å². The highest BCUT2D eigenvalue weighted by atomic mass is 16.6. The number of hydrogen-bond donors (Lipinski definition) is 1. The Morgan fingerprint density at radius 1 is 1.39 bits per heavy atom. The maximum atomic E-state index is 11.9. The molecule has 5 heteroatoms. The third-order valence-electron chi connectivity index (χ3n) is 2.86. The van der Waals surface area contributed by atoms with Crippen molar-refractivity contribution in [2.45, 2.75) is 26.7 Å². The molecule has 1 aromatic carbocycles. The number of nitro groups is 1. The minimum atomic E-state index is -0.551. The number of carbonyl (C=O) groups is 1. The summed E-state index contributed by atoms with van der Waals surface area (Å²) in [4.78, 5) is 22.2. The van der Waals surface area contributed by atoms with E-state index < -0.39 is 4.92 Å². The van der Waals surface area contributed by atoms with Gasteiger partial charge in [-0.1, -0.05) is 26.0 Å². The molecule has 0 aliphatic heterocycles. The molecule has 0 amide bonds. The quantitative estimate of drug-likeness (QED) is 0.478. The lowest BCUT2D eigenvalue weighted by Crippen LogP contribution is -2.18. The van der Waals surface area contributed by atoms with E-state index in [9.17, 15) is 14.9 Å². The first-order chi connectivity index (χ1) is 8.37. The molecule has 0 atom stereocenters. The molecule has 0 saturated carbocycles. The van der Waals surface area contributed by atoms with Crippen molar-refractivity contribution in [1.82, 2.24) is 0 Å². The highest BCUT2D eigenvalue weighted by molar-refractivity contribution is 5.99. The van der Waals surface area contributed by atoms with Crippen molar-refractivity contribution in [1.29, 1.82) is 0 Å². The van der Waals surface area contributed by atoms with E-state index in [-0.39, 0.29) is 35.5 Å². The number of rotatable bonds is 6. The van der Waals surface area contributed by atoms with Crippen molar-refractivity contribution in [3.8, 4) is 0 Å². The zero-order valence-corrected chi connectivity index (χ0v) is 10.5. The van der Waals surface area contributed by atoms with Gasteiger partial charge in [0.15, 0.2) is 5.78 Å². The van der Waals surface area contributed by atoms with Crippen molar-refractivity contribution in [3.63, 3.8) is 0 Å². The minimum Gasteiger partial charge on any atom is -0.396 e. The second kappa shape index (κ2) is 5.73. The number of carbonyl (C=O) groups excluding carboxylic acids is 1. The monoisotopic (exact) mass is 251 g/mol. The van der Waals surface area contributed by atoms with Crippen LogP contribution >= 0.6 is 0 Å². The van der Waals surface area contributed by atoms with Crippen LogP contribution in [0.15, 0.2) is 24.3 Å². The Hall–Kier alpha value is -1.75. The highest BCUT2D eigenvalue weighted by Crippen LogP contribution is 2.25. The predicted octanol–water partition coefficient (Wildman–Crippen LogP) is 2.58. The topological polar surface area (TPSA) is 80.4 Å². The molecule has 0 bridgehead atoms. The van der Waals surface area contributed by atoms with Crippen LogP contribution in [-0.4, -0.2) is 22.4 Å². The van der Waals surface area contributed by atoms with E-state index in [2.05, 4.69) is 0 Å². The van der Waals surface area contributed by atoms with Gasteiger partial charge in [0.25, 0.3) is 5.69 Å². The van der Waals surface area contributed by atoms with Gasteiger partial charge in [-0.2, -0.15) is 0 Å². The summed E-state index contributed by atoms with van der Waals surface area (Å²) in [5.41, 5.74) is -0.375. The van der Waals surface area contributed by atoms with Crippen molar-refractivity contribution in [2.24, 2.45) is 5.41 Å². The number of hydrogen-bond acceptors (Lipinski definition) is 4. The van der Waals surface area contributed by atoms with Crippen LogP contribution in [0.3, 0.4) is 0 Å². The largest absolute Gasteiger partial charge is 0.396 e. The SMILES string of the molecule is CC(C)(CO)CCC(=O)c1ccccc1[N+](=O)[O-]. The normalized spacial score (nSPS) is 11.3. The summed E-state index contributed by atoms with van der Waals surface area (Å²) in [6.07, 6.45) is 0.687. The van der Waals surface area contributed by atoms with E-state index in [1.165, 1.54) is 18.2 Å². The molecule has 5 nitrogen and oxygen atoms in total. The van der Waals surface area contributed by atoms with Gasteiger partial charge in [0.2, 0.25) is 0 Å². The van der Waals surface area contributed by atoms with Crippen molar-refractivity contribution in [2.75, 3.05) is 6.61 Å². The maximum Gasteiger partial charge on any atom is 0.280 e. The summed E-state index contributed by atoms with van der Waals surface area (Å²) < 4.78 is 0. The number of ketones is 1. The molecule has 18 heavy (non-hydrogen) atoms. The Labute approximate surface area is 106 Å². The number of benzene rings is 1. The van der Waals surface area contributed by atoms with Gasteiger partial charge in [-0.3, -0.25) is 14.9 Å². The Kier molecular flexibility index (Phi) is 4.55. The standard InChI is InChI=1S/C13H17NO4/c1-13(2,9-15)8-7-12(16)10-5-3-4-6-11(10)14(17)18/h3-6,15H,7-9H2,1-2H3. The summed E-state index contributed by atoms with van der Waals surface area (Å²) >= 11 is 0. The van der Waals surface area contributed by atoms with E-state index in [1.54, 1.807) is 6.07 Å². The molecule has 98 valence electrons. The van der Waals surface area contributed by atoms with Crippen molar-refractivity contribution >= 4 is 11.5 Å². The van der Waals surface area contributed by atoms with Gasteiger partial charge in [0.05, 0.1) is 10.5 Å². The van der Waals surface area contributed by atoms with Crippen LogP contribution in [0.25, 0.3) is 0 Å². The maximum absolute atomic E-state index is 11.9. The number of para-hydroxylation sites is 1. The van der Waals surface area contributed by atoms with Gasteiger partial charge < -0.3 is 5.11 Å². The van der Waals surface area contributed by atoms with Crippen LogP contribution in [0.1, 0.15) is 37.0 Å². The fourth-order valence-electron chi connectivity index (χ4n) is 1.53. The molecule has 1 rings (SSSR count). The van der Waals surface area contributed by atoms with E-state index in [0.29, 0.717) is 6.42 Å². The fraction of sp³-hybridized carbons (Fsp3) is 0.462. The number of Topliss-reactive ketones (excluding diaryl/α,β-unsaturated/α-hetero) is 1. The smallest absolute Gasteiger partial charge is 0.280 e. The fourth-order valence-corrected chi connectivity index (χ4v) is 1.53. The summed E-state index contributed by atoms with van der Waals surface area (Å²) in [7, 11) is 0. The zero-order valence-electron chi connectivity index (χ0n) is 10.5. The molecule has 0 radical (unpaired) electrons.